The quantitative estimate of drug-likeness (QED) is 0.178. The van der Waals surface area contributed by atoms with Gasteiger partial charge in [-0.15, -0.1) is 0 Å². The Morgan fingerprint density at radius 2 is 1.14 bits per heavy atom. The van der Waals surface area contributed by atoms with Gasteiger partial charge in [-0.25, -0.2) is 4.98 Å². The van der Waals surface area contributed by atoms with E-state index in [0.29, 0.717) is 0 Å². The van der Waals surface area contributed by atoms with Crippen LogP contribution in [-0.2, 0) is 6.54 Å². The lowest BCUT2D eigenvalue weighted by molar-refractivity contribution is 0.816. The van der Waals surface area contributed by atoms with Gasteiger partial charge in [0.2, 0.25) is 0 Å². The third kappa shape index (κ3) is 4.96. The summed E-state index contributed by atoms with van der Waals surface area (Å²) in [5, 5.41) is 5.16. The van der Waals surface area contributed by atoms with Crippen molar-refractivity contribution in [2.45, 2.75) is 6.54 Å². The molecule has 7 aromatic rings. The molecule has 7 rings (SSSR count). The summed E-state index contributed by atoms with van der Waals surface area (Å²) in [6.07, 6.45) is 0. The first kappa shape index (κ1) is 26.1. The minimum Gasteiger partial charge on any atom is -0.319 e. The van der Waals surface area contributed by atoms with E-state index in [1.54, 1.807) is 0 Å². The molecule has 1 aromatic heterocycles. The van der Waals surface area contributed by atoms with Crippen molar-refractivity contribution in [1.82, 2.24) is 9.55 Å². The molecule has 3 heteroatoms. The van der Waals surface area contributed by atoms with Crippen LogP contribution in [0.15, 0.2) is 158 Å². The average molecular weight is 559 g/mol. The zero-order chi connectivity index (χ0) is 28.3. The minimum absolute atomic E-state index is 0.622. The smallest absolute Gasteiger partial charge is 0.142 e. The van der Waals surface area contributed by atoms with E-state index in [1.165, 1.54) is 32.5 Å². The number of imidazole rings is 1. The van der Waals surface area contributed by atoms with Gasteiger partial charge in [-0.05, 0) is 41.5 Å². The molecule has 0 fully saturated rings. The Morgan fingerprint density at radius 3 is 1.83 bits per heavy atom. The number of nitrogens with zero attached hydrogens (tertiary/aromatic N) is 2. The van der Waals surface area contributed by atoms with E-state index >= 15 is 0 Å². The molecule has 0 aliphatic heterocycles. The number of aromatic nitrogens is 2. The van der Waals surface area contributed by atoms with Crippen molar-refractivity contribution in [3.8, 4) is 33.9 Å². The molecule has 0 bridgehead atoms. The molecule has 42 heavy (non-hydrogen) atoms. The van der Waals surface area contributed by atoms with Crippen LogP contribution >= 0.6 is 7.92 Å². The van der Waals surface area contributed by atoms with Crippen molar-refractivity contribution in [1.29, 1.82) is 0 Å². The van der Waals surface area contributed by atoms with Gasteiger partial charge in [-0.2, -0.15) is 0 Å². The van der Waals surface area contributed by atoms with E-state index in [9.17, 15) is 0 Å². The van der Waals surface area contributed by atoms with Crippen molar-refractivity contribution in [3.63, 3.8) is 0 Å². The van der Waals surface area contributed by atoms with Gasteiger partial charge in [-0.3, -0.25) is 0 Å². The summed E-state index contributed by atoms with van der Waals surface area (Å²) < 4.78 is 2.45. The lowest BCUT2D eigenvalue weighted by Gasteiger charge is -2.21. The Labute approximate surface area is 248 Å². The second-order valence-electron chi connectivity index (χ2n) is 10.5. The highest BCUT2D eigenvalue weighted by Gasteiger charge is 2.26. The number of hydrogen-bond acceptors (Lipinski definition) is 1. The number of benzene rings is 6. The predicted molar refractivity (Wildman–Crippen MR) is 180 cm³/mol. The molecule has 1 atom stereocenters. The highest BCUT2D eigenvalue weighted by Crippen LogP contribution is 2.42. The van der Waals surface area contributed by atoms with E-state index in [-0.39, 0.29) is 0 Å². The van der Waals surface area contributed by atoms with Crippen molar-refractivity contribution >= 4 is 29.3 Å². The molecule has 0 aliphatic rings. The highest BCUT2D eigenvalue weighted by atomic mass is 31.1. The molecule has 0 aliphatic carbocycles. The van der Waals surface area contributed by atoms with Crippen LogP contribution in [0.3, 0.4) is 0 Å². The third-order valence-corrected chi connectivity index (χ3v) is 10.0. The third-order valence-electron chi connectivity index (χ3n) is 7.88. The van der Waals surface area contributed by atoms with Gasteiger partial charge < -0.3 is 4.57 Å². The molecule has 0 spiro atoms. The van der Waals surface area contributed by atoms with E-state index in [2.05, 4.69) is 169 Å². The monoisotopic (exact) mass is 558 g/mol. The molecule has 1 heterocycles. The SMILES string of the molecule is CP(c1ccccc1)c1ccc2ccccc2c1-c1nc(-c2ccccc2)c(-c2ccccc2)n1Cc1ccccc1. The molecule has 2 nitrogen and oxygen atoms in total. The maximum atomic E-state index is 5.58. The molecule has 0 N–H and O–H groups in total. The Hall–Kier alpha value is -4.78. The maximum Gasteiger partial charge on any atom is 0.142 e. The first-order valence-corrected chi connectivity index (χ1v) is 16.1. The second kappa shape index (κ2) is 11.6. The average Bonchev–Trinajstić information content (AvgIpc) is 3.44. The summed E-state index contributed by atoms with van der Waals surface area (Å²) in [5.74, 6) is 1.01. The number of fused-ring (bicyclic) bond motifs is 1. The maximum absolute atomic E-state index is 5.58. The summed E-state index contributed by atoms with van der Waals surface area (Å²) in [5.41, 5.74) is 6.89. The summed E-state index contributed by atoms with van der Waals surface area (Å²) in [7, 11) is -0.622. The summed E-state index contributed by atoms with van der Waals surface area (Å²) in [4.78, 5) is 5.58. The number of rotatable bonds is 7. The van der Waals surface area contributed by atoms with E-state index in [4.69, 9.17) is 4.98 Å². The fourth-order valence-corrected chi connectivity index (χ4v) is 7.57. The van der Waals surface area contributed by atoms with Crippen LogP contribution in [0, 0.1) is 0 Å². The second-order valence-corrected chi connectivity index (χ2v) is 12.6. The molecule has 1 unspecified atom stereocenters. The molecule has 6 aromatic carbocycles. The Balaban J connectivity index is 1.58. The lowest BCUT2D eigenvalue weighted by atomic mass is 10.0. The van der Waals surface area contributed by atoms with Gasteiger partial charge in [0, 0.05) is 23.2 Å². The Kier molecular flexibility index (Phi) is 7.22. The molecule has 0 saturated carbocycles. The van der Waals surface area contributed by atoms with Crippen molar-refractivity contribution in [2.24, 2.45) is 0 Å². The van der Waals surface area contributed by atoms with Crippen LogP contribution in [0.5, 0.6) is 0 Å². The molecule has 202 valence electrons. The van der Waals surface area contributed by atoms with Crippen molar-refractivity contribution in [2.75, 3.05) is 6.66 Å². The van der Waals surface area contributed by atoms with Crippen LogP contribution < -0.4 is 10.6 Å². The topological polar surface area (TPSA) is 17.8 Å². The normalized spacial score (nSPS) is 11.9. The number of hydrogen-bond donors (Lipinski definition) is 0. The van der Waals surface area contributed by atoms with E-state index < -0.39 is 7.92 Å². The fourth-order valence-electron chi connectivity index (χ4n) is 5.81. The zero-order valence-corrected chi connectivity index (χ0v) is 24.5. The summed E-state index contributed by atoms with van der Waals surface area (Å²) in [6, 6.07) is 56.3. The van der Waals surface area contributed by atoms with Crippen molar-refractivity contribution in [3.05, 3.63) is 163 Å². The highest BCUT2D eigenvalue weighted by molar-refractivity contribution is 7.72. The predicted octanol–water partition coefficient (Wildman–Crippen LogP) is 9.15. The van der Waals surface area contributed by atoms with E-state index in [1.807, 2.05) is 0 Å². The van der Waals surface area contributed by atoms with Gasteiger partial charge >= 0.3 is 0 Å². The first-order valence-electron chi connectivity index (χ1n) is 14.3. The molecule has 0 saturated heterocycles. The molecular weight excluding hydrogens is 527 g/mol. The van der Waals surface area contributed by atoms with Crippen LogP contribution in [0.2, 0.25) is 0 Å². The van der Waals surface area contributed by atoms with Crippen molar-refractivity contribution < 1.29 is 0 Å². The minimum atomic E-state index is -0.622. The largest absolute Gasteiger partial charge is 0.319 e. The van der Waals surface area contributed by atoms with Gasteiger partial charge in [0.25, 0.3) is 0 Å². The molecule has 0 amide bonds. The van der Waals surface area contributed by atoms with Gasteiger partial charge in [0.05, 0.1) is 11.4 Å². The summed E-state index contributed by atoms with van der Waals surface area (Å²) >= 11 is 0. The molecular formula is C39H31N2P. The molecule has 0 radical (unpaired) electrons. The first-order chi connectivity index (χ1) is 20.8. The van der Waals surface area contributed by atoms with Gasteiger partial charge in [0.15, 0.2) is 0 Å². The van der Waals surface area contributed by atoms with Crippen LogP contribution in [0.4, 0.5) is 0 Å². The van der Waals surface area contributed by atoms with Crippen LogP contribution in [0.1, 0.15) is 5.56 Å². The Morgan fingerprint density at radius 1 is 0.571 bits per heavy atom. The van der Waals surface area contributed by atoms with Gasteiger partial charge in [-0.1, -0.05) is 158 Å². The Bertz CT molecular complexity index is 1950. The van der Waals surface area contributed by atoms with Crippen LogP contribution in [0.25, 0.3) is 44.7 Å². The van der Waals surface area contributed by atoms with E-state index in [0.717, 1.165) is 34.9 Å². The zero-order valence-electron chi connectivity index (χ0n) is 23.6. The fraction of sp³-hybridized carbons (Fsp3) is 0.0513. The van der Waals surface area contributed by atoms with Gasteiger partial charge in [0.1, 0.15) is 5.82 Å². The summed E-state index contributed by atoms with van der Waals surface area (Å²) in [6.45, 7) is 3.09. The van der Waals surface area contributed by atoms with Crippen LogP contribution in [-0.4, -0.2) is 16.2 Å². The lowest BCUT2D eigenvalue weighted by Crippen LogP contribution is -2.16. The standard InChI is InChI=1S/C39H31N2P/c1-42(33-23-12-5-13-24-33)35-27-26-30-18-14-15-25-34(30)36(35)39-40-37(31-19-8-3-9-20-31)38(32-21-10-4-11-22-32)41(39)28-29-16-6-2-7-17-29/h2-27H,28H2,1H3.